The molecule has 0 bridgehead atoms. The summed E-state index contributed by atoms with van der Waals surface area (Å²) in [6, 6.07) is 24.0. The van der Waals surface area contributed by atoms with Crippen LogP contribution in [0, 0.1) is 0 Å². The van der Waals surface area contributed by atoms with Gasteiger partial charge in [0.05, 0.1) is 5.69 Å². The second kappa shape index (κ2) is 7.70. The summed E-state index contributed by atoms with van der Waals surface area (Å²) in [7, 11) is 0. The number of nitrogens with zero attached hydrogens (tertiary/aromatic N) is 3. The molecule has 0 saturated carbocycles. The molecule has 0 unspecified atom stereocenters. The van der Waals surface area contributed by atoms with E-state index in [-0.39, 0.29) is 17.3 Å². The molecule has 7 heteroatoms. The Balaban J connectivity index is 1.63. The molecule has 0 fully saturated rings. The zero-order valence-corrected chi connectivity index (χ0v) is 17.1. The number of benzene rings is 3. The van der Waals surface area contributed by atoms with Gasteiger partial charge in [-0.25, -0.2) is 4.99 Å². The maximum atomic E-state index is 13.3. The molecule has 0 spiro atoms. The summed E-state index contributed by atoms with van der Waals surface area (Å²) in [6.45, 7) is 0. The monoisotopic (exact) mass is 424 g/mol. The molecule has 3 aromatic rings. The number of amidine groups is 1. The lowest BCUT2D eigenvalue weighted by Gasteiger charge is -2.13. The average molecular weight is 424 g/mol. The molecule has 0 saturated heterocycles. The third kappa shape index (κ3) is 3.45. The summed E-state index contributed by atoms with van der Waals surface area (Å²) in [5.74, 6) is -0.419. The molecule has 0 atom stereocenters. The number of carbonyl (C=O) groups excluding carboxylic acids is 2. The molecule has 31 heavy (non-hydrogen) atoms. The van der Waals surface area contributed by atoms with E-state index in [1.54, 1.807) is 18.2 Å². The topological polar surface area (TPSA) is 74.1 Å². The number of hydrazone groups is 1. The van der Waals surface area contributed by atoms with Crippen LogP contribution in [0.15, 0.2) is 99.5 Å². The molecule has 3 aromatic carbocycles. The van der Waals surface area contributed by atoms with Crippen molar-refractivity contribution >= 4 is 47.8 Å². The van der Waals surface area contributed by atoms with E-state index in [0.717, 1.165) is 16.0 Å². The van der Waals surface area contributed by atoms with E-state index in [4.69, 9.17) is 0 Å². The normalized spacial score (nSPS) is 17.8. The summed E-state index contributed by atoms with van der Waals surface area (Å²) in [5.41, 5.74) is 3.18. The predicted octanol–water partition coefficient (Wildman–Crippen LogP) is 3.96. The van der Waals surface area contributed by atoms with Crippen LogP contribution in [0.2, 0.25) is 0 Å². The predicted molar refractivity (Wildman–Crippen MR) is 123 cm³/mol. The quantitative estimate of drug-likeness (QED) is 0.493. The molecule has 150 valence electrons. The van der Waals surface area contributed by atoms with Crippen LogP contribution in [0.4, 0.5) is 5.69 Å². The van der Waals surface area contributed by atoms with Gasteiger partial charge in [0, 0.05) is 16.0 Å². The van der Waals surface area contributed by atoms with Crippen molar-refractivity contribution in [1.82, 2.24) is 5.01 Å². The van der Waals surface area contributed by atoms with Gasteiger partial charge >= 0.3 is 0 Å². The zero-order valence-electron chi connectivity index (χ0n) is 16.2. The number of aliphatic imine (C=N–C) groups is 1. The van der Waals surface area contributed by atoms with Gasteiger partial charge in [0.15, 0.2) is 11.5 Å². The highest BCUT2D eigenvalue weighted by Gasteiger charge is 2.34. The van der Waals surface area contributed by atoms with E-state index in [9.17, 15) is 9.59 Å². The summed E-state index contributed by atoms with van der Waals surface area (Å²) in [4.78, 5) is 31.1. The van der Waals surface area contributed by atoms with Crippen molar-refractivity contribution in [3.8, 4) is 0 Å². The van der Waals surface area contributed by atoms with Crippen LogP contribution in [0.1, 0.15) is 16.7 Å². The fourth-order valence-corrected chi connectivity index (χ4v) is 3.66. The third-order valence-electron chi connectivity index (χ3n) is 4.94. The van der Waals surface area contributed by atoms with Gasteiger partial charge in [0.1, 0.15) is 5.70 Å². The molecule has 2 amide bonds. The minimum Gasteiger partial charge on any atom is -0.320 e. The summed E-state index contributed by atoms with van der Waals surface area (Å²) >= 11 is 4.45. The van der Waals surface area contributed by atoms with Crippen molar-refractivity contribution in [2.45, 2.75) is 4.90 Å². The van der Waals surface area contributed by atoms with Crippen LogP contribution in [0.25, 0.3) is 6.08 Å². The van der Waals surface area contributed by atoms with E-state index in [1.807, 2.05) is 66.7 Å². The maximum Gasteiger partial charge on any atom is 0.298 e. The molecule has 0 aromatic heterocycles. The van der Waals surface area contributed by atoms with Crippen molar-refractivity contribution < 1.29 is 9.59 Å². The average Bonchev–Trinajstić information content (AvgIpc) is 3.27. The number of anilines is 1. The minimum atomic E-state index is -0.417. The first-order chi connectivity index (χ1) is 15.1. The van der Waals surface area contributed by atoms with Crippen LogP contribution in [-0.4, -0.2) is 28.4 Å². The van der Waals surface area contributed by atoms with Crippen molar-refractivity contribution in [1.29, 1.82) is 0 Å². The SMILES string of the molecule is O=C1Nc2ccccc2C1=NN1C(=O)C(=Cc2ccccc2S)N=C1c1ccccc1. The largest absolute Gasteiger partial charge is 0.320 e. The van der Waals surface area contributed by atoms with Crippen molar-refractivity contribution in [2.24, 2.45) is 10.1 Å². The summed E-state index contributed by atoms with van der Waals surface area (Å²) in [5, 5.41) is 8.42. The Bertz CT molecular complexity index is 1310. The van der Waals surface area contributed by atoms with Gasteiger partial charge in [-0.2, -0.15) is 10.1 Å². The second-order valence-corrected chi connectivity index (χ2v) is 7.44. The van der Waals surface area contributed by atoms with E-state index in [0.29, 0.717) is 17.1 Å². The molecular weight excluding hydrogens is 408 g/mol. The van der Waals surface area contributed by atoms with Gasteiger partial charge in [-0.15, -0.1) is 12.6 Å². The number of hydrogen-bond donors (Lipinski definition) is 2. The summed E-state index contributed by atoms with van der Waals surface area (Å²) < 4.78 is 0. The van der Waals surface area contributed by atoms with Crippen LogP contribution in [0.5, 0.6) is 0 Å². The van der Waals surface area contributed by atoms with Gasteiger partial charge in [0.25, 0.3) is 11.8 Å². The van der Waals surface area contributed by atoms with Crippen LogP contribution in [-0.2, 0) is 9.59 Å². The van der Waals surface area contributed by atoms with Gasteiger partial charge < -0.3 is 5.32 Å². The van der Waals surface area contributed by atoms with E-state index >= 15 is 0 Å². The Labute approximate surface area is 184 Å². The molecule has 2 aliphatic heterocycles. The number of para-hydroxylation sites is 1. The van der Waals surface area contributed by atoms with Crippen molar-refractivity contribution in [2.75, 3.05) is 5.32 Å². The Hall–Kier alpha value is -3.97. The lowest BCUT2D eigenvalue weighted by Crippen LogP contribution is -2.30. The number of amides is 2. The first-order valence-corrected chi connectivity index (χ1v) is 10.0. The third-order valence-corrected chi connectivity index (χ3v) is 5.35. The number of thiol groups is 1. The number of carbonyl (C=O) groups is 2. The van der Waals surface area contributed by atoms with Crippen LogP contribution >= 0.6 is 12.6 Å². The Morgan fingerprint density at radius 3 is 2.42 bits per heavy atom. The van der Waals surface area contributed by atoms with Crippen LogP contribution in [0.3, 0.4) is 0 Å². The van der Waals surface area contributed by atoms with Crippen LogP contribution < -0.4 is 5.32 Å². The summed E-state index contributed by atoms with van der Waals surface area (Å²) in [6.07, 6.45) is 1.68. The van der Waals surface area contributed by atoms with Crippen molar-refractivity contribution in [3.05, 3.63) is 101 Å². The highest BCUT2D eigenvalue weighted by molar-refractivity contribution is 7.80. The first kappa shape index (κ1) is 19.0. The van der Waals surface area contributed by atoms with Gasteiger partial charge in [-0.05, 0) is 23.8 Å². The second-order valence-electron chi connectivity index (χ2n) is 6.96. The number of fused-ring (bicyclic) bond motifs is 1. The van der Waals surface area contributed by atoms with Gasteiger partial charge in [-0.3, -0.25) is 9.59 Å². The maximum absolute atomic E-state index is 13.3. The van der Waals surface area contributed by atoms with Crippen molar-refractivity contribution in [3.63, 3.8) is 0 Å². The lowest BCUT2D eigenvalue weighted by molar-refractivity contribution is -0.122. The Morgan fingerprint density at radius 1 is 0.903 bits per heavy atom. The minimum absolute atomic E-state index is 0.170. The molecule has 1 N–H and O–H groups in total. The number of rotatable bonds is 3. The molecule has 0 radical (unpaired) electrons. The number of hydrogen-bond acceptors (Lipinski definition) is 5. The fourth-order valence-electron chi connectivity index (χ4n) is 3.43. The molecule has 2 heterocycles. The highest BCUT2D eigenvalue weighted by atomic mass is 32.1. The highest BCUT2D eigenvalue weighted by Crippen LogP contribution is 2.27. The van der Waals surface area contributed by atoms with E-state index in [1.165, 1.54) is 5.01 Å². The molecule has 5 rings (SSSR count). The molecule has 0 aliphatic carbocycles. The zero-order chi connectivity index (χ0) is 21.4. The Kier molecular flexibility index (Phi) is 4.72. The smallest absolute Gasteiger partial charge is 0.298 e. The molecule has 2 aliphatic rings. The van der Waals surface area contributed by atoms with E-state index < -0.39 is 5.91 Å². The lowest BCUT2D eigenvalue weighted by atomic mass is 10.1. The molecular formula is C24H16N4O2S. The fraction of sp³-hybridized carbons (Fsp3) is 0. The Morgan fingerprint density at radius 2 is 1.61 bits per heavy atom. The standard InChI is InChI=1S/C24H16N4O2S/c29-23-21(17-11-5-6-12-18(17)26-23)27-28-22(15-8-2-1-3-9-15)25-19(24(28)30)14-16-10-4-7-13-20(16)31/h1-14,31H,(H,26,27,29). The molecule has 6 nitrogen and oxygen atoms in total. The van der Waals surface area contributed by atoms with Gasteiger partial charge in [0.2, 0.25) is 0 Å². The van der Waals surface area contributed by atoms with E-state index in [2.05, 4.69) is 28.0 Å². The first-order valence-electron chi connectivity index (χ1n) is 9.59. The van der Waals surface area contributed by atoms with Gasteiger partial charge in [-0.1, -0.05) is 66.7 Å². The number of nitrogens with one attached hydrogen (secondary N) is 1.